The van der Waals surface area contributed by atoms with Crippen LogP contribution in [0.1, 0.15) is 23.8 Å². The average molecular weight is 464 g/mol. The second kappa shape index (κ2) is 10.0. The molecule has 0 saturated carbocycles. The summed E-state index contributed by atoms with van der Waals surface area (Å²) in [4.78, 5) is 38.3. The summed E-state index contributed by atoms with van der Waals surface area (Å²) in [6.45, 7) is 2.17. The summed E-state index contributed by atoms with van der Waals surface area (Å²) in [6.07, 6.45) is 2.80. The molecule has 1 saturated heterocycles. The number of ether oxygens (including phenoxy) is 2. The first-order valence-corrected chi connectivity index (χ1v) is 10.5. The Morgan fingerprint density at radius 3 is 2.62 bits per heavy atom. The van der Waals surface area contributed by atoms with Crippen LogP contribution in [0.4, 0.5) is 9.18 Å². The maximum atomic E-state index is 13.4. The predicted molar refractivity (Wildman–Crippen MR) is 119 cm³/mol. The first kappa shape index (κ1) is 22.8. The van der Waals surface area contributed by atoms with Gasteiger partial charge in [0.25, 0.3) is 11.8 Å². The fraction of sp³-hybridized carbons (Fsp3) is 0.160. The zero-order valence-electron chi connectivity index (χ0n) is 18.2. The van der Waals surface area contributed by atoms with Crippen molar-refractivity contribution in [3.05, 3.63) is 89.1 Å². The highest BCUT2D eigenvalue weighted by Crippen LogP contribution is 2.30. The molecule has 0 unspecified atom stereocenters. The third kappa shape index (κ3) is 5.15. The van der Waals surface area contributed by atoms with Gasteiger partial charge in [-0.15, -0.1) is 0 Å². The van der Waals surface area contributed by atoms with Crippen LogP contribution in [0.15, 0.2) is 70.9 Å². The summed E-state index contributed by atoms with van der Waals surface area (Å²) in [6, 6.07) is 13.4. The third-order valence-corrected chi connectivity index (χ3v) is 4.94. The van der Waals surface area contributed by atoms with Gasteiger partial charge in [-0.3, -0.25) is 19.8 Å². The lowest BCUT2D eigenvalue weighted by atomic mass is 10.1. The van der Waals surface area contributed by atoms with E-state index in [-0.39, 0.29) is 24.5 Å². The Morgan fingerprint density at radius 2 is 1.88 bits per heavy atom. The van der Waals surface area contributed by atoms with Gasteiger partial charge in [0.05, 0.1) is 19.4 Å². The van der Waals surface area contributed by atoms with Gasteiger partial charge in [0.2, 0.25) is 0 Å². The smallest absolute Gasteiger partial charge is 0.331 e. The topological polar surface area (TPSA) is 98.1 Å². The molecule has 2 aromatic carbocycles. The molecule has 174 valence electrons. The molecule has 1 aliphatic rings. The number of barbiturate groups is 1. The number of carbonyl (C=O) groups excluding carboxylic acids is 3. The minimum absolute atomic E-state index is 0.112. The van der Waals surface area contributed by atoms with Crippen LogP contribution < -0.4 is 14.8 Å². The van der Waals surface area contributed by atoms with Crippen LogP contribution in [0.3, 0.4) is 0 Å². The van der Waals surface area contributed by atoms with E-state index < -0.39 is 17.8 Å². The molecule has 4 rings (SSSR count). The second-order valence-corrected chi connectivity index (χ2v) is 7.35. The van der Waals surface area contributed by atoms with Crippen molar-refractivity contribution in [3.8, 4) is 11.5 Å². The van der Waals surface area contributed by atoms with Gasteiger partial charge in [0.15, 0.2) is 11.5 Å². The number of benzene rings is 2. The molecular formula is C25H21FN2O6. The van der Waals surface area contributed by atoms with Gasteiger partial charge in [-0.05, 0) is 60.5 Å². The van der Waals surface area contributed by atoms with Gasteiger partial charge in [0.1, 0.15) is 23.8 Å². The number of nitrogens with one attached hydrogen (secondary N) is 1. The molecule has 0 radical (unpaired) electrons. The van der Waals surface area contributed by atoms with Crippen molar-refractivity contribution in [1.29, 1.82) is 0 Å². The molecule has 0 atom stereocenters. The minimum Gasteiger partial charge on any atom is -0.490 e. The number of furan rings is 1. The van der Waals surface area contributed by atoms with Crippen LogP contribution in [0.5, 0.6) is 11.5 Å². The molecule has 34 heavy (non-hydrogen) atoms. The molecule has 8 nitrogen and oxygen atoms in total. The first-order valence-electron chi connectivity index (χ1n) is 10.5. The van der Waals surface area contributed by atoms with E-state index >= 15 is 0 Å². The largest absolute Gasteiger partial charge is 0.490 e. The number of hydrogen-bond acceptors (Lipinski definition) is 6. The van der Waals surface area contributed by atoms with Gasteiger partial charge in [-0.1, -0.05) is 18.2 Å². The number of urea groups is 1. The standard InChI is InChI=1S/C25H21FN2O6/c1-2-32-22-13-16(8-9-21(22)34-15-17-5-3-6-18(26)11-17)12-20-23(29)27-25(31)28(24(20)30)14-19-7-4-10-33-19/h3-13H,2,14-15H2,1H3,(H,27,29,31). The van der Waals surface area contributed by atoms with E-state index in [1.165, 1.54) is 24.5 Å². The van der Waals surface area contributed by atoms with Crippen LogP contribution in [0.25, 0.3) is 6.08 Å². The SMILES string of the molecule is CCOc1cc(C=C2C(=O)NC(=O)N(Cc3ccco3)C2=O)ccc1OCc1cccc(F)c1. The lowest BCUT2D eigenvalue weighted by molar-refractivity contribution is -0.130. The Kier molecular flexibility index (Phi) is 6.72. The summed E-state index contributed by atoms with van der Waals surface area (Å²) in [5.41, 5.74) is 0.939. The second-order valence-electron chi connectivity index (χ2n) is 7.35. The zero-order valence-corrected chi connectivity index (χ0v) is 18.2. The fourth-order valence-corrected chi connectivity index (χ4v) is 3.35. The Hall–Kier alpha value is -4.40. The van der Waals surface area contributed by atoms with E-state index in [0.717, 1.165) is 4.90 Å². The maximum absolute atomic E-state index is 13.4. The number of nitrogens with zero attached hydrogens (tertiary/aromatic N) is 1. The van der Waals surface area contributed by atoms with Crippen LogP contribution >= 0.6 is 0 Å². The molecule has 3 aromatic rings. The number of hydrogen-bond donors (Lipinski definition) is 1. The van der Waals surface area contributed by atoms with Gasteiger partial charge < -0.3 is 13.9 Å². The van der Waals surface area contributed by atoms with Gasteiger partial charge in [-0.2, -0.15) is 0 Å². The molecular weight excluding hydrogens is 443 g/mol. The van der Waals surface area contributed by atoms with Crippen LogP contribution in [0, 0.1) is 5.82 Å². The Morgan fingerprint density at radius 1 is 1.03 bits per heavy atom. The predicted octanol–water partition coefficient (Wildman–Crippen LogP) is 4.06. The quantitative estimate of drug-likeness (QED) is 0.399. The number of carbonyl (C=O) groups is 3. The molecule has 0 spiro atoms. The normalized spacial score (nSPS) is 14.9. The highest BCUT2D eigenvalue weighted by molar-refractivity contribution is 6.30. The fourth-order valence-electron chi connectivity index (χ4n) is 3.35. The number of rotatable bonds is 8. The molecule has 1 aromatic heterocycles. The molecule has 1 aliphatic heterocycles. The van der Waals surface area contributed by atoms with Crippen molar-refractivity contribution in [2.24, 2.45) is 0 Å². The first-order chi connectivity index (χ1) is 16.4. The third-order valence-electron chi connectivity index (χ3n) is 4.94. The number of amides is 4. The van der Waals surface area contributed by atoms with E-state index in [2.05, 4.69) is 5.32 Å². The molecule has 1 fully saturated rings. The van der Waals surface area contributed by atoms with Gasteiger partial charge >= 0.3 is 6.03 Å². The van der Waals surface area contributed by atoms with Crippen molar-refractivity contribution in [3.63, 3.8) is 0 Å². The summed E-state index contributed by atoms with van der Waals surface area (Å²) in [5, 5.41) is 2.17. The zero-order chi connectivity index (χ0) is 24.1. The van der Waals surface area contributed by atoms with E-state index in [4.69, 9.17) is 13.9 Å². The van der Waals surface area contributed by atoms with Crippen LogP contribution in [-0.4, -0.2) is 29.4 Å². The summed E-state index contributed by atoms with van der Waals surface area (Å²) in [7, 11) is 0. The highest BCUT2D eigenvalue weighted by atomic mass is 19.1. The number of halogens is 1. The maximum Gasteiger partial charge on any atom is 0.331 e. The van der Waals surface area contributed by atoms with E-state index in [1.54, 1.807) is 49.4 Å². The molecule has 9 heteroatoms. The number of imide groups is 2. The molecule has 1 N–H and O–H groups in total. The minimum atomic E-state index is -0.820. The molecule has 0 aliphatic carbocycles. The molecule has 2 heterocycles. The lowest BCUT2D eigenvalue weighted by Crippen LogP contribution is -2.53. The van der Waals surface area contributed by atoms with Crippen molar-refractivity contribution in [2.45, 2.75) is 20.1 Å². The van der Waals surface area contributed by atoms with E-state index in [9.17, 15) is 18.8 Å². The van der Waals surface area contributed by atoms with E-state index in [1.807, 2.05) is 0 Å². The van der Waals surface area contributed by atoms with Gasteiger partial charge in [-0.25, -0.2) is 9.18 Å². The highest BCUT2D eigenvalue weighted by Gasteiger charge is 2.36. The van der Waals surface area contributed by atoms with Crippen molar-refractivity contribution in [2.75, 3.05) is 6.61 Å². The van der Waals surface area contributed by atoms with Crippen LogP contribution in [-0.2, 0) is 22.7 Å². The monoisotopic (exact) mass is 464 g/mol. The Labute approximate surface area is 194 Å². The van der Waals surface area contributed by atoms with Crippen molar-refractivity contribution < 1.29 is 32.7 Å². The Bertz CT molecular complexity index is 1250. The average Bonchev–Trinajstić information content (AvgIpc) is 3.32. The molecule has 0 bridgehead atoms. The lowest BCUT2D eigenvalue weighted by Gasteiger charge is -2.25. The molecule has 4 amide bonds. The van der Waals surface area contributed by atoms with Crippen LogP contribution in [0.2, 0.25) is 0 Å². The van der Waals surface area contributed by atoms with Gasteiger partial charge in [0, 0.05) is 0 Å². The van der Waals surface area contributed by atoms with E-state index in [0.29, 0.717) is 35.0 Å². The van der Waals surface area contributed by atoms with Crippen molar-refractivity contribution >= 4 is 23.9 Å². The summed E-state index contributed by atoms with van der Waals surface area (Å²) >= 11 is 0. The summed E-state index contributed by atoms with van der Waals surface area (Å²) in [5.74, 6) is -0.689. The Balaban J connectivity index is 1.56. The van der Waals surface area contributed by atoms with Crippen molar-refractivity contribution in [1.82, 2.24) is 10.2 Å². The summed E-state index contributed by atoms with van der Waals surface area (Å²) < 4.78 is 30.0.